The predicted molar refractivity (Wildman–Crippen MR) is 92.0 cm³/mol. The molecule has 5 nitrogen and oxygen atoms in total. The van der Waals surface area contributed by atoms with Gasteiger partial charge in [-0.15, -0.1) is 0 Å². The summed E-state index contributed by atoms with van der Waals surface area (Å²) in [6.45, 7) is 2.16. The molecule has 0 saturated carbocycles. The Morgan fingerprint density at radius 3 is 2.68 bits per heavy atom. The summed E-state index contributed by atoms with van der Waals surface area (Å²) in [5.74, 6) is 0.0186. The van der Waals surface area contributed by atoms with Crippen LogP contribution in [-0.4, -0.2) is 24.5 Å². The number of nitrogens with one attached hydrogen (secondary N) is 2. The van der Waals surface area contributed by atoms with Crippen molar-refractivity contribution in [3.05, 3.63) is 59.4 Å². The first-order valence-corrected chi connectivity index (χ1v) is 8.13. The second-order valence-corrected chi connectivity index (χ2v) is 5.98. The van der Waals surface area contributed by atoms with Crippen LogP contribution >= 0.6 is 0 Å². The normalized spacial score (nSPS) is 15.8. The van der Waals surface area contributed by atoms with E-state index in [9.17, 15) is 14.0 Å². The molecule has 0 aromatic heterocycles. The van der Waals surface area contributed by atoms with Crippen molar-refractivity contribution in [2.75, 3.05) is 11.9 Å². The summed E-state index contributed by atoms with van der Waals surface area (Å²) in [5.41, 5.74) is 2.33. The monoisotopic (exact) mass is 342 g/mol. The standard InChI is InChI=1S/C19H19FN2O3/c1-12-19(24)22-16-10-14(4-7-17(16)25-12)11-18(23)21-9-8-13-2-5-15(20)6-3-13/h2-7,10,12H,8-9,11H2,1H3,(H,21,23)(H,22,24). The Hall–Kier alpha value is -2.89. The average molecular weight is 342 g/mol. The number of halogens is 1. The van der Waals surface area contributed by atoms with E-state index in [-0.39, 0.29) is 24.1 Å². The molecule has 25 heavy (non-hydrogen) atoms. The van der Waals surface area contributed by atoms with E-state index in [1.54, 1.807) is 31.2 Å². The minimum atomic E-state index is -0.520. The molecule has 0 spiro atoms. The molecular formula is C19H19FN2O3. The van der Waals surface area contributed by atoms with Gasteiger partial charge in [-0.2, -0.15) is 0 Å². The third kappa shape index (κ3) is 4.35. The van der Waals surface area contributed by atoms with Crippen molar-refractivity contribution in [2.45, 2.75) is 25.9 Å². The van der Waals surface area contributed by atoms with Crippen molar-refractivity contribution in [2.24, 2.45) is 0 Å². The molecule has 1 atom stereocenters. The second kappa shape index (κ2) is 7.34. The van der Waals surface area contributed by atoms with Crippen molar-refractivity contribution in [3.8, 4) is 5.75 Å². The first kappa shape index (κ1) is 17.0. The fourth-order valence-electron chi connectivity index (χ4n) is 2.61. The molecule has 2 amide bonds. The number of carbonyl (C=O) groups is 2. The van der Waals surface area contributed by atoms with Crippen molar-refractivity contribution in [1.82, 2.24) is 5.32 Å². The van der Waals surface area contributed by atoms with E-state index in [2.05, 4.69) is 10.6 Å². The second-order valence-electron chi connectivity index (χ2n) is 5.98. The molecule has 0 radical (unpaired) electrons. The van der Waals surface area contributed by atoms with Gasteiger partial charge in [0, 0.05) is 6.54 Å². The average Bonchev–Trinajstić information content (AvgIpc) is 2.58. The van der Waals surface area contributed by atoms with E-state index in [1.165, 1.54) is 12.1 Å². The van der Waals surface area contributed by atoms with Gasteiger partial charge in [0.05, 0.1) is 12.1 Å². The Morgan fingerprint density at radius 2 is 1.92 bits per heavy atom. The first-order valence-electron chi connectivity index (χ1n) is 8.13. The number of hydrogen-bond donors (Lipinski definition) is 2. The number of anilines is 1. The number of benzene rings is 2. The smallest absolute Gasteiger partial charge is 0.265 e. The highest BCUT2D eigenvalue weighted by molar-refractivity contribution is 5.97. The van der Waals surface area contributed by atoms with E-state index in [0.717, 1.165) is 11.1 Å². The third-order valence-electron chi connectivity index (χ3n) is 3.99. The van der Waals surface area contributed by atoms with Gasteiger partial charge in [0.1, 0.15) is 11.6 Å². The number of hydrogen-bond acceptors (Lipinski definition) is 3. The fraction of sp³-hybridized carbons (Fsp3) is 0.263. The zero-order valence-electron chi connectivity index (χ0n) is 13.8. The summed E-state index contributed by atoms with van der Waals surface area (Å²) in [6, 6.07) is 11.5. The quantitative estimate of drug-likeness (QED) is 0.877. The lowest BCUT2D eigenvalue weighted by Crippen LogP contribution is -2.34. The maximum Gasteiger partial charge on any atom is 0.265 e. The topological polar surface area (TPSA) is 67.4 Å². The van der Waals surface area contributed by atoms with Crippen LogP contribution in [0.1, 0.15) is 18.1 Å². The van der Waals surface area contributed by atoms with E-state index in [0.29, 0.717) is 24.4 Å². The minimum absolute atomic E-state index is 0.113. The van der Waals surface area contributed by atoms with Crippen LogP contribution in [-0.2, 0) is 22.4 Å². The largest absolute Gasteiger partial charge is 0.479 e. The third-order valence-corrected chi connectivity index (χ3v) is 3.99. The highest BCUT2D eigenvalue weighted by Gasteiger charge is 2.23. The number of ether oxygens (including phenoxy) is 1. The van der Waals surface area contributed by atoms with E-state index in [1.807, 2.05) is 6.07 Å². The molecule has 2 aromatic rings. The van der Waals surface area contributed by atoms with Crippen LogP contribution in [0, 0.1) is 5.82 Å². The number of carbonyl (C=O) groups excluding carboxylic acids is 2. The molecule has 1 aliphatic heterocycles. The molecule has 1 heterocycles. The highest BCUT2D eigenvalue weighted by atomic mass is 19.1. The van der Waals surface area contributed by atoms with Crippen LogP contribution in [0.2, 0.25) is 0 Å². The summed E-state index contributed by atoms with van der Waals surface area (Å²) >= 11 is 0. The maximum absolute atomic E-state index is 12.8. The van der Waals surface area contributed by atoms with Crippen molar-refractivity contribution in [1.29, 1.82) is 0 Å². The van der Waals surface area contributed by atoms with Crippen LogP contribution < -0.4 is 15.4 Å². The lowest BCUT2D eigenvalue weighted by atomic mass is 10.1. The van der Waals surface area contributed by atoms with Crippen LogP contribution in [0.15, 0.2) is 42.5 Å². The molecule has 0 saturated heterocycles. The van der Waals surface area contributed by atoms with E-state index in [4.69, 9.17) is 4.74 Å². The molecule has 2 aromatic carbocycles. The van der Waals surface area contributed by atoms with Gasteiger partial charge in [-0.25, -0.2) is 4.39 Å². The number of rotatable bonds is 5. The predicted octanol–water partition coefficient (Wildman–Crippen LogP) is 2.45. The van der Waals surface area contributed by atoms with Crippen molar-refractivity contribution in [3.63, 3.8) is 0 Å². The van der Waals surface area contributed by atoms with Gasteiger partial charge in [0.15, 0.2) is 6.10 Å². The van der Waals surface area contributed by atoms with Gasteiger partial charge in [0.2, 0.25) is 5.91 Å². The molecule has 1 aliphatic rings. The number of fused-ring (bicyclic) bond motifs is 1. The first-order chi connectivity index (χ1) is 12.0. The van der Waals surface area contributed by atoms with Gasteiger partial charge in [0.25, 0.3) is 5.91 Å². The van der Waals surface area contributed by atoms with Crippen molar-refractivity contribution < 1.29 is 18.7 Å². The molecule has 1 unspecified atom stereocenters. The van der Waals surface area contributed by atoms with Gasteiger partial charge in [-0.1, -0.05) is 18.2 Å². The summed E-state index contributed by atoms with van der Waals surface area (Å²) in [6.07, 6.45) is 0.327. The van der Waals surface area contributed by atoms with Gasteiger partial charge >= 0.3 is 0 Å². The van der Waals surface area contributed by atoms with E-state index < -0.39 is 6.10 Å². The molecule has 3 rings (SSSR count). The summed E-state index contributed by atoms with van der Waals surface area (Å²) in [4.78, 5) is 23.7. The Labute approximate surface area is 145 Å². The highest BCUT2D eigenvalue weighted by Crippen LogP contribution is 2.30. The SMILES string of the molecule is CC1Oc2ccc(CC(=O)NCCc3ccc(F)cc3)cc2NC1=O. The Kier molecular flexibility index (Phi) is 4.97. The minimum Gasteiger partial charge on any atom is -0.479 e. The fourth-order valence-corrected chi connectivity index (χ4v) is 2.61. The summed E-state index contributed by atoms with van der Waals surface area (Å²) in [5, 5.41) is 5.61. The summed E-state index contributed by atoms with van der Waals surface area (Å²) < 4.78 is 18.3. The van der Waals surface area contributed by atoms with Gasteiger partial charge < -0.3 is 15.4 Å². The van der Waals surface area contributed by atoms with Crippen LogP contribution in [0.5, 0.6) is 5.75 Å². The Morgan fingerprint density at radius 1 is 1.20 bits per heavy atom. The number of amides is 2. The molecule has 0 bridgehead atoms. The molecule has 130 valence electrons. The van der Waals surface area contributed by atoms with E-state index >= 15 is 0 Å². The summed E-state index contributed by atoms with van der Waals surface area (Å²) in [7, 11) is 0. The maximum atomic E-state index is 12.8. The van der Waals surface area contributed by atoms with Crippen LogP contribution in [0.25, 0.3) is 0 Å². The lowest BCUT2D eigenvalue weighted by Gasteiger charge is -2.23. The molecular weight excluding hydrogens is 323 g/mol. The lowest BCUT2D eigenvalue weighted by molar-refractivity contribution is -0.122. The zero-order valence-corrected chi connectivity index (χ0v) is 13.8. The van der Waals surface area contributed by atoms with Crippen LogP contribution in [0.4, 0.5) is 10.1 Å². The molecule has 0 aliphatic carbocycles. The molecule has 0 fully saturated rings. The van der Waals surface area contributed by atoms with Crippen LogP contribution in [0.3, 0.4) is 0 Å². The Balaban J connectivity index is 1.52. The van der Waals surface area contributed by atoms with Gasteiger partial charge in [-0.05, 0) is 48.7 Å². The Bertz CT molecular complexity index is 790. The molecule has 6 heteroatoms. The van der Waals surface area contributed by atoms with Gasteiger partial charge in [-0.3, -0.25) is 9.59 Å². The zero-order chi connectivity index (χ0) is 17.8. The van der Waals surface area contributed by atoms with Crippen molar-refractivity contribution >= 4 is 17.5 Å². The molecule has 2 N–H and O–H groups in total.